The molecule has 0 spiro atoms. The number of nitrogens with two attached hydrogens (primary N) is 1. The molecule has 0 amide bonds. The Morgan fingerprint density at radius 2 is 0.942 bits per heavy atom. The molecule has 0 radical (unpaired) electrons. The second-order valence-electron chi connectivity index (χ2n) is 20.5. The standard InChI is InChI=1S/C20H14N6OS.C12H8N2OS.C11H12O3.2C8H7BrN4.C8H8N4.C3H4N2S.CH4/c21-11-17-16(14-6-2-1-3-7-14)10-18(27)22-20(17)28-12-13-5-4-8-15(9-13)19-23-25-26-24-19;13-7-10-9(6-11(15)14-12(10)16)8-4-2-1-3-5-8;1-2-14-11(13)8-10(12)9-6-4-3-5-7-9;2*9-5-6-2-1-3-7(4-6)8-10-12-13-11-8;1-6-3-2-4-7(5-6)8-9-11-12-10-8;4-2-1-3(5)6;/h1-10H,12H2,(H,22,27)(H,23,24,25,26);1-6H,(H2,14,15,16);3-7H,2,8H2,1H3;2*1-4H,5H2,(H,10,11,12,13);2-5H,1H3,(H,9,10,11,12);1H2,(H2,5,6);1H4. The van der Waals surface area contributed by atoms with Crippen molar-refractivity contribution >= 4 is 85.2 Å². The van der Waals surface area contributed by atoms with Crippen molar-refractivity contribution in [3.8, 4) is 86.0 Å². The van der Waals surface area contributed by atoms with Crippen LogP contribution in [-0.4, -0.2) is 116 Å². The van der Waals surface area contributed by atoms with Crippen LogP contribution in [0.4, 0.5) is 0 Å². The Balaban J connectivity index is 0.000000196. The summed E-state index contributed by atoms with van der Waals surface area (Å²) >= 11 is 16.6. The molecule has 0 bridgehead atoms. The molecule has 520 valence electrons. The molecule has 8 N–H and O–H groups in total. The van der Waals surface area contributed by atoms with Crippen LogP contribution in [0.3, 0.4) is 0 Å². The zero-order valence-corrected chi connectivity index (χ0v) is 59.8. The lowest BCUT2D eigenvalue weighted by Gasteiger charge is -2.09. The van der Waals surface area contributed by atoms with Gasteiger partial charge < -0.3 is 20.4 Å². The molecule has 103 heavy (non-hydrogen) atoms. The van der Waals surface area contributed by atoms with Gasteiger partial charge in [0.25, 0.3) is 0 Å². The predicted molar refractivity (Wildman–Crippen MR) is 405 cm³/mol. The Hall–Kier alpha value is -12.1. The third-order valence-electron chi connectivity index (χ3n) is 13.3. The Bertz CT molecular complexity index is 4940. The minimum atomic E-state index is -0.471. The lowest BCUT2D eigenvalue weighted by atomic mass is 10.0. The fourth-order valence-corrected chi connectivity index (χ4v) is 10.7. The van der Waals surface area contributed by atoms with Crippen LogP contribution in [0.25, 0.3) is 67.8 Å². The monoisotopic (exact) mass is 1560 g/mol. The molecule has 0 aliphatic rings. The van der Waals surface area contributed by atoms with Gasteiger partial charge in [-0.1, -0.05) is 221 Å². The van der Waals surface area contributed by atoms with Crippen LogP contribution in [0.15, 0.2) is 220 Å². The number of nitriles is 3. The number of halogens is 2. The molecule has 32 heteroatoms. The largest absolute Gasteiger partial charge is 0.466 e. The van der Waals surface area contributed by atoms with Crippen molar-refractivity contribution in [3.05, 3.63) is 260 Å². The summed E-state index contributed by atoms with van der Waals surface area (Å²) in [4.78, 5) is 51.5. The van der Waals surface area contributed by atoms with E-state index in [-0.39, 0.29) is 42.2 Å². The number of rotatable bonds is 16. The van der Waals surface area contributed by atoms with E-state index < -0.39 is 5.97 Å². The number of aromatic nitrogens is 18. The van der Waals surface area contributed by atoms with E-state index in [1.807, 2.05) is 177 Å². The zero-order chi connectivity index (χ0) is 72.9. The first-order valence-corrected chi connectivity index (χ1v) is 34.3. The lowest BCUT2D eigenvalue weighted by molar-refractivity contribution is -0.141. The highest BCUT2D eigenvalue weighted by molar-refractivity contribution is 9.08. The van der Waals surface area contributed by atoms with Gasteiger partial charge in [0.05, 0.1) is 45.3 Å². The summed E-state index contributed by atoms with van der Waals surface area (Å²) in [5, 5.41) is 84.2. The number of aryl methyl sites for hydroxylation is 1. The van der Waals surface area contributed by atoms with E-state index in [1.54, 1.807) is 37.3 Å². The van der Waals surface area contributed by atoms with Crippen molar-refractivity contribution in [1.29, 1.82) is 15.8 Å². The third-order valence-corrected chi connectivity index (χ3v) is 16.1. The summed E-state index contributed by atoms with van der Waals surface area (Å²) in [5.74, 6) is 2.31. The van der Waals surface area contributed by atoms with Crippen molar-refractivity contribution in [1.82, 2.24) is 92.5 Å². The fourth-order valence-electron chi connectivity index (χ4n) is 8.72. The van der Waals surface area contributed by atoms with Gasteiger partial charge in [0.2, 0.25) is 34.4 Å². The van der Waals surface area contributed by atoms with E-state index in [0.29, 0.717) is 73.5 Å². The Kier molecular flexibility index (Phi) is 33.7. The highest BCUT2D eigenvalue weighted by Gasteiger charge is 2.16. The average molecular weight is 1560 g/mol. The fraction of sp³-hybridized carbons (Fsp3) is 0.127. The second kappa shape index (κ2) is 43.4. The van der Waals surface area contributed by atoms with Crippen molar-refractivity contribution in [2.75, 3.05) is 6.61 Å². The number of H-pyrrole nitrogens is 6. The van der Waals surface area contributed by atoms with Gasteiger partial charge in [0.15, 0.2) is 5.78 Å². The Morgan fingerprint density at radius 1 is 0.544 bits per heavy atom. The highest BCUT2D eigenvalue weighted by atomic mass is 79.9. The molecule has 0 aliphatic heterocycles. The summed E-state index contributed by atoms with van der Waals surface area (Å²) < 4.78 is 4.67. The number of thiol groups is 1. The minimum absolute atomic E-state index is 0. The highest BCUT2D eigenvalue weighted by Crippen LogP contribution is 2.31. The molecule has 0 aliphatic carbocycles. The smallest absolute Gasteiger partial charge is 0.313 e. The normalized spacial score (nSPS) is 9.81. The molecule has 13 rings (SSSR count). The van der Waals surface area contributed by atoms with Crippen molar-refractivity contribution in [3.63, 3.8) is 0 Å². The summed E-state index contributed by atoms with van der Waals surface area (Å²) in [6, 6.07) is 68.1. The number of thioether (sulfide) groups is 1. The number of esters is 1. The number of carbonyl (C=O) groups is 2. The number of ketones is 1. The van der Waals surface area contributed by atoms with Gasteiger partial charge in [-0.05, 0) is 86.8 Å². The van der Waals surface area contributed by atoms with Gasteiger partial charge in [0.1, 0.15) is 18.6 Å². The number of alkyl halides is 2. The summed E-state index contributed by atoms with van der Waals surface area (Å²) in [6.45, 7) is 4.05. The number of Topliss-reactive ketones (excluding diaryl/α,β-unsaturated/α-hetero) is 1. The number of hydrogen-bond donors (Lipinski definition) is 8. The van der Waals surface area contributed by atoms with E-state index in [1.165, 1.54) is 40.6 Å². The van der Waals surface area contributed by atoms with Gasteiger partial charge in [-0.25, -0.2) is 0 Å². The van der Waals surface area contributed by atoms with Crippen LogP contribution in [0.1, 0.15) is 70.9 Å². The maximum atomic E-state index is 12.2. The van der Waals surface area contributed by atoms with Crippen molar-refractivity contribution < 1.29 is 14.3 Å². The van der Waals surface area contributed by atoms with E-state index in [9.17, 15) is 24.4 Å². The molecule has 0 unspecified atom stereocenters. The van der Waals surface area contributed by atoms with Crippen LogP contribution in [0.5, 0.6) is 0 Å². The quantitative estimate of drug-likeness (QED) is 0.00847. The molecular formula is C71H64Br2N22O5S3. The number of aromatic amines is 6. The number of nitrogens with zero attached hydrogens (tertiary/aromatic N) is 15. The zero-order valence-electron chi connectivity index (χ0n) is 54.1. The van der Waals surface area contributed by atoms with Gasteiger partial charge in [-0.3, -0.25) is 19.2 Å². The number of benzene rings is 7. The van der Waals surface area contributed by atoms with Crippen molar-refractivity contribution in [2.24, 2.45) is 5.73 Å². The number of nitrogens with one attached hydrogen (secondary N) is 6. The number of thiocarbonyl (C=S) groups is 1. The number of ether oxygens (including phenoxy) is 1. The first-order chi connectivity index (χ1) is 49.6. The molecule has 27 nitrogen and oxygen atoms in total. The summed E-state index contributed by atoms with van der Waals surface area (Å²) in [6.07, 6.45) is 0.00713. The van der Waals surface area contributed by atoms with Gasteiger partial charge in [0, 0.05) is 67.5 Å². The molecule has 13 aromatic rings. The second-order valence-corrected chi connectivity index (χ2v) is 23.6. The SMILES string of the molecule is BrCc1cccc(-c2nn[nH]n2)c1.BrCc1cccc(-c2nn[nH]n2)c1.C.CCOC(=O)CC(=O)c1ccccc1.Cc1cccc(-c2nn[nH]n2)c1.N#CCC(N)=S.N#Cc1c(-c2ccccc2)cc(=O)[nH]c1S.N#Cc1c(-c2ccccc2)cc(=O)[nH]c1SCc1cccc(-c2nn[nH]n2)c1. The topological polar surface area (TPSA) is 424 Å². The van der Waals surface area contributed by atoms with Crippen LogP contribution in [0.2, 0.25) is 0 Å². The number of carbonyl (C=O) groups excluding carboxylic acids is 2. The first-order valence-electron chi connectivity index (χ1n) is 30.2. The molecule has 7 aromatic carbocycles. The van der Waals surface area contributed by atoms with Gasteiger partial charge >= 0.3 is 5.97 Å². The maximum absolute atomic E-state index is 12.2. The summed E-state index contributed by atoms with van der Waals surface area (Å²) in [7, 11) is 0. The van der Waals surface area contributed by atoms with Crippen LogP contribution in [0, 0.1) is 40.9 Å². The average Bonchev–Trinajstić information content (AvgIpc) is 1.38. The Morgan fingerprint density at radius 3 is 1.33 bits per heavy atom. The number of tetrazole rings is 4. The Labute approximate surface area is 622 Å². The molecule has 0 saturated carbocycles. The van der Waals surface area contributed by atoms with Gasteiger partial charge in [-0.2, -0.15) is 36.6 Å². The van der Waals surface area contributed by atoms with Crippen molar-refractivity contribution in [2.45, 2.75) is 60.6 Å². The van der Waals surface area contributed by atoms with Gasteiger partial charge in [-0.15, -0.1) is 65.2 Å². The number of hydrogen-bond acceptors (Lipinski definition) is 23. The van der Waals surface area contributed by atoms with E-state index in [2.05, 4.69) is 160 Å². The van der Waals surface area contributed by atoms with Crippen LogP contribution in [-0.2, 0) is 25.9 Å². The molecule has 6 aromatic heterocycles. The molecular weight excluding hydrogens is 1500 g/mol. The minimum Gasteiger partial charge on any atom is -0.466 e. The molecule has 0 atom stereocenters. The third kappa shape index (κ3) is 26.2. The lowest BCUT2D eigenvalue weighted by Crippen LogP contribution is -2.11. The maximum Gasteiger partial charge on any atom is 0.313 e. The number of pyridine rings is 2. The van der Waals surface area contributed by atoms with E-state index in [0.717, 1.165) is 49.6 Å². The van der Waals surface area contributed by atoms with E-state index >= 15 is 0 Å². The molecule has 0 saturated heterocycles. The predicted octanol–water partition coefficient (Wildman–Crippen LogP) is 12.9. The molecule has 6 heterocycles. The van der Waals surface area contributed by atoms with E-state index in [4.69, 9.17) is 16.3 Å². The summed E-state index contributed by atoms with van der Waals surface area (Å²) in [5.41, 5.74) is 17.1. The van der Waals surface area contributed by atoms with Crippen LogP contribution >= 0.6 is 68.5 Å². The first kappa shape index (κ1) is 79.9. The molecule has 0 fully saturated rings. The van der Waals surface area contributed by atoms with Crippen LogP contribution < -0.4 is 16.9 Å².